The van der Waals surface area contributed by atoms with Gasteiger partial charge in [-0.25, -0.2) is 4.68 Å². The summed E-state index contributed by atoms with van der Waals surface area (Å²) in [6.45, 7) is -0.308. The molecule has 9 heteroatoms. The summed E-state index contributed by atoms with van der Waals surface area (Å²) in [4.78, 5) is 39.5. The highest BCUT2D eigenvalue weighted by Gasteiger charge is 2.58. The van der Waals surface area contributed by atoms with Crippen molar-refractivity contribution in [2.24, 2.45) is 5.73 Å². The highest BCUT2D eigenvalue weighted by Crippen LogP contribution is 2.54. The van der Waals surface area contributed by atoms with Gasteiger partial charge in [0.25, 0.3) is 0 Å². The fourth-order valence-electron chi connectivity index (χ4n) is 4.39. The second-order valence-corrected chi connectivity index (χ2v) is 7.68. The first-order valence-electron chi connectivity index (χ1n) is 9.26. The average molecular weight is 422 g/mol. The van der Waals surface area contributed by atoms with Crippen LogP contribution in [-0.4, -0.2) is 34.0 Å². The van der Waals surface area contributed by atoms with E-state index in [0.717, 1.165) is 5.69 Å². The Morgan fingerprint density at radius 3 is 2.67 bits per heavy atom. The molecule has 3 N–H and O–H groups in total. The summed E-state index contributed by atoms with van der Waals surface area (Å²) in [5.41, 5.74) is 6.22. The number of nitrogens with one attached hydrogen (secondary N) is 1. The van der Waals surface area contributed by atoms with Crippen LogP contribution in [0.5, 0.6) is 0 Å². The van der Waals surface area contributed by atoms with Gasteiger partial charge in [-0.3, -0.25) is 14.4 Å². The molecule has 150 valence electrons. The van der Waals surface area contributed by atoms with Gasteiger partial charge in [-0.15, -0.1) is 0 Å². The summed E-state index contributed by atoms with van der Waals surface area (Å²) in [7, 11) is 0. The molecule has 30 heavy (non-hydrogen) atoms. The lowest BCUT2D eigenvalue weighted by molar-refractivity contribution is -0.127. The number of nitrogens with two attached hydrogens (primary N) is 1. The van der Waals surface area contributed by atoms with E-state index >= 15 is 0 Å². The molecule has 0 saturated carbocycles. The summed E-state index contributed by atoms with van der Waals surface area (Å²) >= 11 is 6.54. The van der Waals surface area contributed by atoms with Crippen LogP contribution in [0.3, 0.4) is 0 Å². The van der Waals surface area contributed by atoms with Crippen molar-refractivity contribution < 1.29 is 14.4 Å². The lowest BCUT2D eigenvalue weighted by Crippen LogP contribution is -2.48. The van der Waals surface area contributed by atoms with Crippen molar-refractivity contribution in [1.29, 1.82) is 0 Å². The van der Waals surface area contributed by atoms with E-state index in [1.165, 1.54) is 4.90 Å². The molecular formula is C21H16ClN5O3. The number of nitrogens with zero attached hydrogens (tertiary/aromatic N) is 3. The van der Waals surface area contributed by atoms with Gasteiger partial charge in [0.15, 0.2) is 0 Å². The molecule has 0 fully saturated rings. The van der Waals surface area contributed by atoms with E-state index in [9.17, 15) is 14.4 Å². The minimum atomic E-state index is -1.38. The van der Waals surface area contributed by atoms with Crippen LogP contribution < -0.4 is 16.0 Å². The first-order valence-corrected chi connectivity index (χ1v) is 9.64. The van der Waals surface area contributed by atoms with E-state index in [1.807, 2.05) is 30.3 Å². The van der Waals surface area contributed by atoms with Gasteiger partial charge in [0, 0.05) is 22.6 Å². The van der Waals surface area contributed by atoms with E-state index in [1.54, 1.807) is 29.1 Å². The largest absolute Gasteiger partial charge is 0.368 e. The van der Waals surface area contributed by atoms with Gasteiger partial charge in [-0.2, -0.15) is 5.10 Å². The number of para-hydroxylation sites is 1. The number of primary amides is 1. The molecule has 0 unspecified atom stereocenters. The first-order chi connectivity index (χ1) is 14.4. The number of aromatic nitrogens is 2. The minimum absolute atomic E-state index is 0.148. The number of benzene rings is 2. The van der Waals surface area contributed by atoms with Crippen molar-refractivity contribution in [1.82, 2.24) is 9.78 Å². The zero-order valence-corrected chi connectivity index (χ0v) is 16.4. The van der Waals surface area contributed by atoms with Crippen LogP contribution in [0.25, 0.3) is 5.69 Å². The molecule has 0 bridgehead atoms. The third kappa shape index (κ3) is 2.40. The van der Waals surface area contributed by atoms with Crippen molar-refractivity contribution in [3.63, 3.8) is 0 Å². The topological polar surface area (TPSA) is 110 Å². The SMILES string of the molecule is NC(=O)CN1C(=O)[C@@]2(CC(=O)Nc3c2cnn3-c2ccccc2)c2c(Cl)cccc21. The predicted molar refractivity (Wildman–Crippen MR) is 111 cm³/mol. The summed E-state index contributed by atoms with van der Waals surface area (Å²) in [6.07, 6.45) is 1.42. The fraction of sp³-hybridized carbons (Fsp3) is 0.143. The Labute approximate surface area is 176 Å². The second kappa shape index (κ2) is 6.43. The van der Waals surface area contributed by atoms with E-state index in [4.69, 9.17) is 17.3 Å². The molecule has 2 aliphatic heterocycles. The Balaban J connectivity index is 1.79. The fourth-order valence-corrected chi connectivity index (χ4v) is 4.72. The summed E-state index contributed by atoms with van der Waals surface area (Å²) in [6, 6.07) is 14.3. The number of hydrogen-bond acceptors (Lipinski definition) is 4. The molecule has 1 atom stereocenters. The molecule has 3 heterocycles. The normalized spacial score (nSPS) is 19.6. The number of rotatable bonds is 3. The zero-order valence-electron chi connectivity index (χ0n) is 15.6. The maximum absolute atomic E-state index is 13.7. The van der Waals surface area contributed by atoms with Crippen LogP contribution in [0, 0.1) is 0 Å². The van der Waals surface area contributed by atoms with E-state index < -0.39 is 17.2 Å². The lowest BCUT2D eigenvalue weighted by Gasteiger charge is -2.32. The number of hydrogen-bond donors (Lipinski definition) is 2. The molecule has 8 nitrogen and oxygen atoms in total. The molecule has 3 amide bonds. The molecular weight excluding hydrogens is 406 g/mol. The first kappa shape index (κ1) is 18.4. The maximum atomic E-state index is 13.7. The van der Waals surface area contributed by atoms with Crippen molar-refractivity contribution in [2.75, 3.05) is 16.8 Å². The average Bonchev–Trinajstić information content (AvgIpc) is 3.23. The zero-order chi connectivity index (χ0) is 21.0. The molecule has 2 aromatic carbocycles. The highest BCUT2D eigenvalue weighted by molar-refractivity contribution is 6.34. The lowest BCUT2D eigenvalue weighted by atomic mass is 9.71. The summed E-state index contributed by atoms with van der Waals surface area (Å²) in [5.74, 6) is -1.03. The van der Waals surface area contributed by atoms with Crippen LogP contribution in [0.2, 0.25) is 5.02 Å². The van der Waals surface area contributed by atoms with Gasteiger partial charge in [0.1, 0.15) is 17.8 Å². The number of anilines is 2. The highest BCUT2D eigenvalue weighted by atomic mass is 35.5. The Bertz CT molecular complexity index is 1220. The van der Waals surface area contributed by atoms with Crippen LogP contribution in [-0.2, 0) is 19.8 Å². The van der Waals surface area contributed by atoms with Gasteiger partial charge >= 0.3 is 0 Å². The molecule has 0 aliphatic carbocycles. The molecule has 3 aromatic rings. The summed E-state index contributed by atoms with van der Waals surface area (Å²) in [5, 5.41) is 7.62. The Hall–Kier alpha value is -3.65. The van der Waals surface area contributed by atoms with Gasteiger partial charge in [-0.05, 0) is 24.3 Å². The number of carbonyl (C=O) groups excluding carboxylic acids is 3. The molecule has 5 rings (SSSR count). The van der Waals surface area contributed by atoms with Crippen LogP contribution in [0.1, 0.15) is 17.5 Å². The number of carbonyl (C=O) groups is 3. The van der Waals surface area contributed by atoms with Crippen molar-refractivity contribution in [3.8, 4) is 5.69 Å². The number of halogens is 1. The Morgan fingerprint density at radius 2 is 1.93 bits per heavy atom. The van der Waals surface area contributed by atoms with Crippen LogP contribution >= 0.6 is 11.6 Å². The van der Waals surface area contributed by atoms with Crippen LogP contribution in [0.15, 0.2) is 54.7 Å². The van der Waals surface area contributed by atoms with Crippen molar-refractivity contribution in [2.45, 2.75) is 11.8 Å². The van der Waals surface area contributed by atoms with Crippen molar-refractivity contribution in [3.05, 3.63) is 70.9 Å². The Kier molecular flexibility index (Phi) is 3.94. The molecule has 0 radical (unpaired) electrons. The van der Waals surface area contributed by atoms with E-state index in [0.29, 0.717) is 27.7 Å². The number of fused-ring (bicyclic) bond motifs is 4. The standard InChI is InChI=1S/C21H16ClN5O3/c22-14-7-4-8-15-18(14)21(20(30)26(15)11-16(23)28)9-17(29)25-19-13(21)10-24-27(19)12-5-2-1-3-6-12/h1-8,10H,9,11H2,(H2,23,28)(H,25,29)/t21-/m1/s1. The minimum Gasteiger partial charge on any atom is -0.368 e. The third-order valence-electron chi connectivity index (χ3n) is 5.55. The second-order valence-electron chi connectivity index (χ2n) is 7.28. The van der Waals surface area contributed by atoms with Crippen molar-refractivity contribution >= 4 is 40.8 Å². The molecule has 1 aromatic heterocycles. The van der Waals surface area contributed by atoms with Gasteiger partial charge < -0.3 is 16.0 Å². The molecule has 0 saturated heterocycles. The monoisotopic (exact) mass is 421 g/mol. The number of amides is 3. The molecule has 2 aliphatic rings. The van der Waals surface area contributed by atoms with E-state index in [2.05, 4.69) is 10.4 Å². The van der Waals surface area contributed by atoms with Crippen LogP contribution in [0.4, 0.5) is 11.5 Å². The predicted octanol–water partition coefficient (Wildman–Crippen LogP) is 1.99. The third-order valence-corrected chi connectivity index (χ3v) is 5.86. The Morgan fingerprint density at radius 1 is 1.17 bits per heavy atom. The maximum Gasteiger partial charge on any atom is 0.243 e. The summed E-state index contributed by atoms with van der Waals surface area (Å²) < 4.78 is 1.58. The van der Waals surface area contributed by atoms with Gasteiger partial charge in [0.2, 0.25) is 17.7 Å². The smallest absolute Gasteiger partial charge is 0.243 e. The molecule has 1 spiro atoms. The van der Waals surface area contributed by atoms with E-state index in [-0.39, 0.29) is 18.9 Å². The quantitative estimate of drug-likeness (QED) is 0.673. The van der Waals surface area contributed by atoms with Gasteiger partial charge in [-0.1, -0.05) is 35.9 Å². The van der Waals surface area contributed by atoms with Gasteiger partial charge in [0.05, 0.1) is 17.6 Å².